The lowest BCUT2D eigenvalue weighted by Crippen LogP contribution is -1.93. The zero-order chi connectivity index (χ0) is 13.1. The third kappa shape index (κ3) is 3.13. The van der Waals surface area contributed by atoms with Crippen molar-refractivity contribution in [1.29, 1.82) is 0 Å². The van der Waals surface area contributed by atoms with E-state index in [-0.39, 0.29) is 5.82 Å². The predicted octanol–water partition coefficient (Wildman–Crippen LogP) is 4.79. The Bertz CT molecular complexity index is 557. The predicted molar refractivity (Wildman–Crippen MR) is 75.3 cm³/mol. The zero-order valence-corrected chi connectivity index (χ0v) is 12.1. The molecule has 0 heterocycles. The Morgan fingerprint density at radius 3 is 2.50 bits per heavy atom. The van der Waals surface area contributed by atoms with Gasteiger partial charge in [-0.25, -0.2) is 4.39 Å². The van der Waals surface area contributed by atoms with E-state index in [1.807, 2.05) is 24.3 Å². The van der Waals surface area contributed by atoms with Crippen LogP contribution in [0.3, 0.4) is 0 Å². The van der Waals surface area contributed by atoms with Crippen LogP contribution < -0.4 is 0 Å². The third-order valence-electron chi connectivity index (χ3n) is 2.49. The number of aliphatic hydroxyl groups is 1. The highest BCUT2D eigenvalue weighted by molar-refractivity contribution is 9.10. The lowest BCUT2D eigenvalue weighted by Gasteiger charge is -2.08. The molecule has 4 heteroatoms. The summed E-state index contributed by atoms with van der Waals surface area (Å²) in [5.41, 5.74) is 0.587. The minimum absolute atomic E-state index is 0.311. The molecule has 0 bridgehead atoms. The van der Waals surface area contributed by atoms with Crippen molar-refractivity contribution in [2.75, 3.05) is 0 Å². The number of halogens is 2. The van der Waals surface area contributed by atoms with E-state index in [0.717, 1.165) is 9.37 Å². The molecule has 1 N–H and O–H groups in total. The van der Waals surface area contributed by atoms with Gasteiger partial charge in [-0.1, -0.05) is 30.0 Å². The van der Waals surface area contributed by atoms with Crippen LogP contribution in [-0.2, 0) is 0 Å². The van der Waals surface area contributed by atoms with Gasteiger partial charge in [-0.3, -0.25) is 0 Å². The fourth-order valence-corrected chi connectivity index (χ4v) is 2.87. The molecule has 0 radical (unpaired) electrons. The Labute approximate surface area is 118 Å². The minimum Gasteiger partial charge on any atom is -0.389 e. The molecule has 94 valence electrons. The molecule has 0 aromatic heterocycles. The van der Waals surface area contributed by atoms with Crippen LogP contribution >= 0.6 is 27.7 Å². The first-order valence-corrected chi connectivity index (χ1v) is 7.09. The van der Waals surface area contributed by atoms with Crippen molar-refractivity contribution in [3.63, 3.8) is 0 Å². The van der Waals surface area contributed by atoms with Crippen LogP contribution in [0.25, 0.3) is 0 Å². The van der Waals surface area contributed by atoms with Crippen molar-refractivity contribution in [3.8, 4) is 0 Å². The van der Waals surface area contributed by atoms with Crippen molar-refractivity contribution >= 4 is 27.7 Å². The van der Waals surface area contributed by atoms with Gasteiger partial charge in [0.05, 0.1) is 6.10 Å². The molecule has 2 aromatic rings. The smallest absolute Gasteiger partial charge is 0.137 e. The van der Waals surface area contributed by atoms with Gasteiger partial charge in [-0.15, -0.1) is 0 Å². The zero-order valence-electron chi connectivity index (χ0n) is 9.73. The van der Waals surface area contributed by atoms with Gasteiger partial charge in [0.15, 0.2) is 0 Å². The van der Waals surface area contributed by atoms with Gasteiger partial charge < -0.3 is 5.11 Å². The van der Waals surface area contributed by atoms with Crippen LogP contribution in [-0.4, -0.2) is 5.11 Å². The van der Waals surface area contributed by atoms with E-state index in [4.69, 9.17) is 0 Å². The molecule has 2 rings (SSSR count). The quantitative estimate of drug-likeness (QED) is 0.874. The molecule has 1 atom stereocenters. The molecule has 0 amide bonds. The Morgan fingerprint density at radius 2 is 1.89 bits per heavy atom. The summed E-state index contributed by atoms with van der Waals surface area (Å²) in [6, 6.07) is 12.5. The van der Waals surface area contributed by atoms with Gasteiger partial charge in [0.25, 0.3) is 0 Å². The standard InChI is InChI=1S/C14H12BrFOS/c1-9(17)10-6-7-14(12(16)8-10)18-13-5-3-2-4-11(13)15/h2-9,17H,1H3. The largest absolute Gasteiger partial charge is 0.389 e. The SMILES string of the molecule is CC(O)c1ccc(Sc2ccccc2Br)c(F)c1. The van der Waals surface area contributed by atoms with E-state index in [2.05, 4.69) is 15.9 Å². The molecule has 0 aliphatic carbocycles. The molecular formula is C14H12BrFOS. The first kappa shape index (κ1) is 13.6. The van der Waals surface area contributed by atoms with Crippen LogP contribution in [0.15, 0.2) is 56.7 Å². The van der Waals surface area contributed by atoms with Crippen LogP contribution in [0.4, 0.5) is 4.39 Å². The normalized spacial score (nSPS) is 12.4. The second-order valence-electron chi connectivity index (χ2n) is 3.90. The first-order valence-electron chi connectivity index (χ1n) is 5.48. The lowest BCUT2D eigenvalue weighted by molar-refractivity contribution is 0.198. The summed E-state index contributed by atoms with van der Waals surface area (Å²) in [6.07, 6.45) is -0.651. The van der Waals surface area contributed by atoms with E-state index >= 15 is 0 Å². The van der Waals surface area contributed by atoms with E-state index in [9.17, 15) is 9.50 Å². The fourth-order valence-electron chi connectivity index (χ4n) is 1.51. The molecule has 0 aliphatic heterocycles. The van der Waals surface area contributed by atoms with Crippen molar-refractivity contribution in [3.05, 3.63) is 58.3 Å². The van der Waals surface area contributed by atoms with E-state index in [1.165, 1.54) is 17.8 Å². The highest BCUT2D eigenvalue weighted by Crippen LogP contribution is 2.35. The van der Waals surface area contributed by atoms with Crippen LogP contribution in [0.1, 0.15) is 18.6 Å². The monoisotopic (exact) mass is 326 g/mol. The maximum atomic E-state index is 13.9. The summed E-state index contributed by atoms with van der Waals surface area (Å²) >= 11 is 4.79. The van der Waals surface area contributed by atoms with E-state index in [1.54, 1.807) is 19.1 Å². The Morgan fingerprint density at radius 1 is 1.17 bits per heavy atom. The number of aliphatic hydroxyl groups excluding tert-OH is 1. The maximum absolute atomic E-state index is 13.9. The molecule has 0 saturated carbocycles. The number of hydrogen-bond donors (Lipinski definition) is 1. The molecule has 2 aromatic carbocycles. The molecule has 1 unspecified atom stereocenters. The van der Waals surface area contributed by atoms with Gasteiger partial charge in [-0.2, -0.15) is 0 Å². The number of benzene rings is 2. The van der Waals surface area contributed by atoms with Crippen LogP contribution in [0.2, 0.25) is 0 Å². The molecule has 0 aliphatic rings. The van der Waals surface area contributed by atoms with Crippen molar-refractivity contribution in [2.24, 2.45) is 0 Å². The van der Waals surface area contributed by atoms with Crippen molar-refractivity contribution < 1.29 is 9.50 Å². The maximum Gasteiger partial charge on any atom is 0.137 e. The molecule has 0 spiro atoms. The van der Waals surface area contributed by atoms with Crippen molar-refractivity contribution in [1.82, 2.24) is 0 Å². The van der Waals surface area contributed by atoms with Gasteiger partial charge >= 0.3 is 0 Å². The van der Waals surface area contributed by atoms with E-state index < -0.39 is 6.10 Å². The van der Waals surface area contributed by atoms with Gasteiger partial charge in [0, 0.05) is 14.3 Å². The summed E-state index contributed by atoms with van der Waals surface area (Å²) in [6.45, 7) is 1.62. The van der Waals surface area contributed by atoms with Crippen LogP contribution in [0, 0.1) is 5.82 Å². The lowest BCUT2D eigenvalue weighted by atomic mass is 10.1. The second kappa shape index (κ2) is 5.87. The summed E-state index contributed by atoms with van der Waals surface area (Å²) in [7, 11) is 0. The average molecular weight is 327 g/mol. The van der Waals surface area contributed by atoms with Gasteiger partial charge in [0.2, 0.25) is 0 Å². The molecule has 18 heavy (non-hydrogen) atoms. The summed E-state index contributed by atoms with van der Waals surface area (Å²) in [4.78, 5) is 1.51. The number of rotatable bonds is 3. The van der Waals surface area contributed by atoms with Crippen molar-refractivity contribution in [2.45, 2.75) is 22.8 Å². The minimum atomic E-state index is -0.651. The molecule has 0 fully saturated rings. The summed E-state index contributed by atoms with van der Waals surface area (Å²) in [5.74, 6) is -0.311. The summed E-state index contributed by atoms with van der Waals surface area (Å²) < 4.78 is 14.8. The van der Waals surface area contributed by atoms with Gasteiger partial charge in [-0.05, 0) is 52.7 Å². The second-order valence-corrected chi connectivity index (χ2v) is 5.84. The highest BCUT2D eigenvalue weighted by Gasteiger charge is 2.09. The topological polar surface area (TPSA) is 20.2 Å². The van der Waals surface area contributed by atoms with Crippen LogP contribution in [0.5, 0.6) is 0 Å². The Hall–Kier alpha value is -0.840. The molecule has 1 nitrogen and oxygen atoms in total. The molecular weight excluding hydrogens is 315 g/mol. The number of hydrogen-bond acceptors (Lipinski definition) is 2. The highest BCUT2D eigenvalue weighted by atomic mass is 79.9. The fraction of sp³-hybridized carbons (Fsp3) is 0.143. The van der Waals surface area contributed by atoms with Gasteiger partial charge in [0.1, 0.15) is 5.82 Å². The van der Waals surface area contributed by atoms with E-state index in [0.29, 0.717) is 10.5 Å². The average Bonchev–Trinajstić information content (AvgIpc) is 2.34. The third-order valence-corrected chi connectivity index (χ3v) is 4.58. The summed E-state index contributed by atoms with van der Waals surface area (Å²) in [5, 5.41) is 9.39. The molecule has 0 saturated heterocycles. The first-order chi connectivity index (χ1) is 8.58. The Kier molecular flexibility index (Phi) is 4.43. The Balaban J connectivity index is 2.28.